The maximum atomic E-state index is 14.6. The molecule has 2 aliphatic carbocycles. The molecule has 0 bridgehead atoms. The Morgan fingerprint density at radius 2 is 1.11 bits per heavy atom. The summed E-state index contributed by atoms with van der Waals surface area (Å²) in [6, 6.07) is 11.3. The van der Waals surface area contributed by atoms with E-state index in [-0.39, 0.29) is 63.5 Å². The number of Topliss-reactive ketones (excluding diaryl/α,β-unsaturated/α-hetero) is 2. The van der Waals surface area contributed by atoms with Crippen LogP contribution in [0, 0.1) is 60.2 Å². The highest BCUT2D eigenvalue weighted by Gasteiger charge is 2.35. The lowest BCUT2D eigenvalue weighted by Crippen LogP contribution is -1.97. The minimum absolute atomic E-state index is 0.0496. The molecule has 3 aromatic carbocycles. The molecule has 7 rings (SSSR count). The fourth-order valence-corrected chi connectivity index (χ4v) is 8.85. The minimum Gasteiger partial charge on any atom is -0.492 e. The van der Waals surface area contributed by atoms with E-state index in [4.69, 9.17) is 22.6 Å². The highest BCUT2D eigenvalue weighted by molar-refractivity contribution is 7.22. The highest BCUT2D eigenvalue weighted by atomic mass is 32.1. The van der Waals surface area contributed by atoms with Crippen LogP contribution in [-0.2, 0) is 0 Å². The summed E-state index contributed by atoms with van der Waals surface area (Å²) in [6.45, 7) is 20.8. The normalized spacial score (nSPS) is 16.6. The van der Waals surface area contributed by atoms with E-state index < -0.39 is 34.7 Å². The number of carbonyl (C=O) groups excluding carboxylic acids is 2. The van der Waals surface area contributed by atoms with Crippen molar-refractivity contribution in [3.05, 3.63) is 137 Å². The number of ketones is 2. The van der Waals surface area contributed by atoms with Gasteiger partial charge in [0.1, 0.15) is 17.3 Å². The van der Waals surface area contributed by atoms with Gasteiger partial charge in [0.15, 0.2) is 23.2 Å². The highest BCUT2D eigenvalue weighted by Crippen LogP contribution is 2.52. The second-order valence-corrected chi connectivity index (χ2v) is 14.1. The van der Waals surface area contributed by atoms with Gasteiger partial charge in [0.2, 0.25) is 0 Å². The number of thiophene rings is 2. The Morgan fingerprint density at radius 1 is 0.704 bits per heavy atom. The topological polar surface area (TPSA) is 109 Å². The van der Waals surface area contributed by atoms with Gasteiger partial charge in [-0.25, -0.2) is 33.4 Å². The zero-order valence-electron chi connectivity index (χ0n) is 28.4. The van der Waals surface area contributed by atoms with Gasteiger partial charge in [-0.05, 0) is 86.0 Å². The lowest BCUT2D eigenvalue weighted by Gasteiger charge is -2.11. The molecule has 0 N–H and O–H groups in total. The molecule has 0 saturated heterocycles. The number of halogens is 3. The summed E-state index contributed by atoms with van der Waals surface area (Å²) in [5, 5.41) is 20.8. The summed E-state index contributed by atoms with van der Waals surface area (Å²) in [5.74, 6) is -3.31. The van der Waals surface area contributed by atoms with Crippen molar-refractivity contribution >= 4 is 77.7 Å². The van der Waals surface area contributed by atoms with Gasteiger partial charge in [-0.2, -0.15) is 0 Å². The molecular weight excluding hydrogens is 734 g/mol. The third-order valence-electron chi connectivity index (χ3n) is 8.88. The fourth-order valence-electron chi connectivity index (χ4n) is 6.63. The number of nitriles is 2. The quantitative estimate of drug-likeness (QED) is 0.0970. The van der Waals surface area contributed by atoms with E-state index in [1.165, 1.54) is 41.7 Å². The molecule has 5 aromatic rings. The third-order valence-corrected chi connectivity index (χ3v) is 11.0. The number of hydrogen-bond donors (Lipinski definition) is 0. The molecule has 0 fully saturated rings. The maximum Gasteiger partial charge on any atom is 0.270 e. The Bertz CT molecular complexity index is 2600. The first-order valence-electron chi connectivity index (χ1n) is 16.2. The largest absolute Gasteiger partial charge is 0.492 e. The summed E-state index contributed by atoms with van der Waals surface area (Å²) in [6.07, 6.45) is 3.04. The molecule has 0 spiro atoms. The third kappa shape index (κ3) is 5.47. The molecule has 0 radical (unpaired) electrons. The van der Waals surface area contributed by atoms with Gasteiger partial charge in [0.25, 0.3) is 11.4 Å². The second-order valence-electron chi connectivity index (χ2n) is 11.9. The van der Waals surface area contributed by atoms with E-state index in [9.17, 15) is 33.3 Å². The molecule has 0 saturated carbocycles. The molecule has 13 heteroatoms. The number of rotatable bonds is 6. The van der Waals surface area contributed by atoms with Crippen molar-refractivity contribution in [1.82, 2.24) is 0 Å². The molecule has 0 unspecified atom stereocenters. The average Bonchev–Trinajstić information content (AvgIpc) is 3.89. The van der Waals surface area contributed by atoms with Gasteiger partial charge >= 0.3 is 0 Å². The first-order valence-corrected chi connectivity index (χ1v) is 17.8. The zero-order valence-corrected chi connectivity index (χ0v) is 30.0. The van der Waals surface area contributed by atoms with E-state index in [0.29, 0.717) is 47.0 Å². The van der Waals surface area contributed by atoms with Gasteiger partial charge in [-0.15, -0.1) is 22.7 Å². The van der Waals surface area contributed by atoms with Crippen molar-refractivity contribution in [2.75, 3.05) is 13.2 Å². The maximum absolute atomic E-state index is 14.6. The Labute approximate surface area is 313 Å². The molecule has 2 aromatic heterocycles. The van der Waals surface area contributed by atoms with Crippen LogP contribution in [0.25, 0.3) is 53.2 Å². The smallest absolute Gasteiger partial charge is 0.270 e. The first kappa shape index (κ1) is 35.6. The van der Waals surface area contributed by atoms with E-state index in [1.54, 1.807) is 38.1 Å². The number of hydrogen-bond acceptors (Lipinski definition) is 8. The summed E-state index contributed by atoms with van der Waals surface area (Å²) in [4.78, 5) is 35.0. The molecule has 8 nitrogen and oxygen atoms in total. The summed E-state index contributed by atoms with van der Waals surface area (Å²) >= 11 is 2.49. The van der Waals surface area contributed by atoms with Crippen molar-refractivity contribution in [2.24, 2.45) is 0 Å². The summed E-state index contributed by atoms with van der Waals surface area (Å²) in [7, 11) is 0. The van der Waals surface area contributed by atoms with Gasteiger partial charge < -0.3 is 9.47 Å². The van der Waals surface area contributed by atoms with Crippen molar-refractivity contribution in [1.29, 1.82) is 10.5 Å². The molecular formula is C41H21F3N4O4S2. The van der Waals surface area contributed by atoms with Crippen LogP contribution in [0.4, 0.5) is 13.2 Å². The fraction of sp³-hybridized carbons (Fsp3) is 0.122. The minimum atomic E-state index is -1.24. The molecule has 2 heterocycles. The number of benzene rings is 3. The average molecular weight is 755 g/mol. The molecule has 2 aliphatic rings. The number of carbonyl (C=O) groups is 2. The van der Waals surface area contributed by atoms with Crippen LogP contribution in [0.2, 0.25) is 0 Å². The van der Waals surface area contributed by atoms with E-state index in [1.807, 2.05) is 6.07 Å². The zero-order chi connectivity index (χ0) is 38.6. The SMILES string of the molecule is [C-]#[N+]C(C#N)=C1/C(=C/c2cc3c(OCC)c4sc(/C=C5\C(=O)c6cc(F)c(F)cc6\C5=C(\C#N)[N+]#[C-])cc4c(OCC)c3s2)C(=O)c2cc(F)c(C)cc21. The molecule has 262 valence electrons. The second kappa shape index (κ2) is 13.7. The first-order chi connectivity index (χ1) is 26.0. The van der Waals surface area contributed by atoms with E-state index in [0.717, 1.165) is 18.2 Å². The van der Waals surface area contributed by atoms with Crippen LogP contribution in [0.1, 0.15) is 61.0 Å². The molecule has 0 aliphatic heterocycles. The number of allylic oxidation sites excluding steroid dienone is 6. The Hall–Kier alpha value is -6.77. The van der Waals surface area contributed by atoms with E-state index in [2.05, 4.69) is 9.69 Å². The molecule has 0 atom stereocenters. The molecule has 54 heavy (non-hydrogen) atoms. The van der Waals surface area contributed by atoms with Gasteiger partial charge in [0, 0.05) is 53.9 Å². The van der Waals surface area contributed by atoms with Crippen LogP contribution in [-0.4, -0.2) is 24.8 Å². The van der Waals surface area contributed by atoms with Crippen LogP contribution < -0.4 is 9.47 Å². The Morgan fingerprint density at radius 3 is 1.52 bits per heavy atom. The van der Waals surface area contributed by atoms with E-state index >= 15 is 0 Å². The van der Waals surface area contributed by atoms with Crippen molar-refractivity contribution < 1.29 is 32.2 Å². The van der Waals surface area contributed by atoms with Gasteiger partial charge in [0.05, 0.1) is 47.9 Å². The van der Waals surface area contributed by atoms with Crippen LogP contribution in [0.15, 0.2) is 58.9 Å². The Balaban J connectivity index is 1.44. The number of fused-ring (bicyclic) bond motifs is 4. The summed E-state index contributed by atoms with van der Waals surface area (Å²) < 4.78 is 56.8. The van der Waals surface area contributed by atoms with Gasteiger partial charge in [-0.3, -0.25) is 9.59 Å². The Kier molecular flexibility index (Phi) is 9.01. The molecule has 0 amide bonds. The predicted molar refractivity (Wildman–Crippen MR) is 200 cm³/mol. The lowest BCUT2D eigenvalue weighted by atomic mass is 10.0. The van der Waals surface area contributed by atoms with Crippen LogP contribution in [0.5, 0.6) is 11.5 Å². The van der Waals surface area contributed by atoms with Crippen molar-refractivity contribution in [3.63, 3.8) is 0 Å². The summed E-state index contributed by atoms with van der Waals surface area (Å²) in [5.41, 5.74) is -0.312. The monoisotopic (exact) mass is 754 g/mol. The van der Waals surface area contributed by atoms with Gasteiger partial charge in [-0.1, -0.05) is 0 Å². The van der Waals surface area contributed by atoms with Crippen LogP contribution in [0.3, 0.4) is 0 Å². The standard InChI is InChI=1S/C41H21F3N4O4S2/c1-6-51-38-27-11-19(9-25-34(32(16-45)47-4)21-8-18(3)29(42)14-23(21)36(25)49)53-40(27)39(52-7-2)28-12-20(54-41(28)38)10-26-35(33(17-46)48-5)22-13-30(43)31(44)15-24(22)37(26)50/h8-15H,6-7H2,1-3H3/b25-9-,26-10-,34-32?,35-33+. The van der Waals surface area contributed by atoms with Crippen molar-refractivity contribution in [3.8, 4) is 23.6 Å². The number of aryl methyl sites for hydroxylation is 1. The predicted octanol–water partition coefficient (Wildman–Crippen LogP) is 10.5. The van der Waals surface area contributed by atoms with Crippen LogP contribution >= 0.6 is 22.7 Å². The number of ether oxygens (including phenoxy) is 2. The lowest BCUT2D eigenvalue weighted by molar-refractivity contribution is 0.103. The number of nitrogens with zero attached hydrogens (tertiary/aromatic N) is 4. The van der Waals surface area contributed by atoms with Crippen molar-refractivity contribution in [2.45, 2.75) is 20.8 Å².